The van der Waals surface area contributed by atoms with Gasteiger partial charge in [0.15, 0.2) is 0 Å². The predicted molar refractivity (Wildman–Crippen MR) is 89.5 cm³/mol. The molecule has 3 rings (SSSR count). The summed E-state index contributed by atoms with van der Waals surface area (Å²) in [6.07, 6.45) is 0. The van der Waals surface area contributed by atoms with Crippen LogP contribution in [-0.2, 0) is 0 Å². The molecule has 0 saturated heterocycles. The van der Waals surface area contributed by atoms with Crippen LogP contribution < -0.4 is 5.32 Å². The minimum Gasteiger partial charge on any atom is -0.459 e. The molecule has 0 bridgehead atoms. The van der Waals surface area contributed by atoms with Crippen LogP contribution in [0.15, 0.2) is 46.9 Å². The molecule has 1 heterocycles. The highest BCUT2D eigenvalue weighted by atomic mass is 35.5. The van der Waals surface area contributed by atoms with Gasteiger partial charge in [0, 0.05) is 16.0 Å². The third-order valence-electron chi connectivity index (χ3n) is 3.58. The highest BCUT2D eigenvalue weighted by molar-refractivity contribution is 6.36. The number of benzene rings is 2. The van der Waals surface area contributed by atoms with Crippen LogP contribution in [0.4, 0.5) is 5.69 Å². The van der Waals surface area contributed by atoms with Gasteiger partial charge in [-0.2, -0.15) is 0 Å². The number of anilines is 1. The van der Waals surface area contributed by atoms with Crippen molar-refractivity contribution in [3.8, 4) is 0 Å². The Morgan fingerprint density at radius 3 is 2.57 bits per heavy atom. The van der Waals surface area contributed by atoms with Gasteiger partial charge in [0.2, 0.25) is 0 Å². The van der Waals surface area contributed by atoms with E-state index in [4.69, 9.17) is 27.6 Å². The second-order valence-electron chi connectivity index (χ2n) is 5.08. The molecule has 0 saturated carbocycles. The molecule has 0 spiro atoms. The normalized spacial score (nSPS) is 12.6. The monoisotopic (exact) mass is 319 g/mol. The van der Waals surface area contributed by atoms with Gasteiger partial charge in [-0.1, -0.05) is 41.4 Å². The summed E-state index contributed by atoms with van der Waals surface area (Å²) in [5, 5.41) is 5.74. The molecule has 0 fully saturated rings. The van der Waals surface area contributed by atoms with Gasteiger partial charge in [-0.05, 0) is 38.1 Å². The van der Waals surface area contributed by atoms with E-state index in [-0.39, 0.29) is 6.04 Å². The van der Waals surface area contributed by atoms with Gasteiger partial charge >= 0.3 is 0 Å². The van der Waals surface area contributed by atoms with Gasteiger partial charge in [-0.3, -0.25) is 0 Å². The van der Waals surface area contributed by atoms with Gasteiger partial charge < -0.3 is 9.73 Å². The number of aryl methyl sites for hydroxylation is 1. The lowest BCUT2D eigenvalue weighted by atomic mass is 10.1. The van der Waals surface area contributed by atoms with Crippen molar-refractivity contribution in [3.05, 3.63) is 63.8 Å². The summed E-state index contributed by atoms with van der Waals surface area (Å²) < 4.78 is 5.96. The van der Waals surface area contributed by atoms with Crippen LogP contribution in [0.25, 0.3) is 11.0 Å². The zero-order valence-corrected chi connectivity index (χ0v) is 13.3. The Kier molecular flexibility index (Phi) is 3.83. The molecule has 0 aliphatic carbocycles. The lowest BCUT2D eigenvalue weighted by molar-refractivity contribution is 0.522. The molecule has 1 aromatic heterocycles. The first-order chi connectivity index (χ1) is 10.1. The summed E-state index contributed by atoms with van der Waals surface area (Å²) in [7, 11) is 0. The van der Waals surface area contributed by atoms with Crippen LogP contribution in [0.5, 0.6) is 0 Å². The molecule has 3 aromatic rings. The molecule has 4 heteroatoms. The Morgan fingerprint density at radius 2 is 1.86 bits per heavy atom. The summed E-state index contributed by atoms with van der Waals surface area (Å²) in [5.74, 6) is 0.919. The Hall–Kier alpha value is -1.64. The first-order valence-electron chi connectivity index (χ1n) is 6.76. The molecule has 21 heavy (non-hydrogen) atoms. The number of halogens is 2. The van der Waals surface area contributed by atoms with Gasteiger partial charge in [0.1, 0.15) is 11.3 Å². The second-order valence-corrected chi connectivity index (χ2v) is 5.92. The van der Waals surface area contributed by atoms with Crippen molar-refractivity contribution in [1.29, 1.82) is 0 Å². The molecule has 0 amide bonds. The average molecular weight is 320 g/mol. The summed E-state index contributed by atoms with van der Waals surface area (Å²) >= 11 is 12.1. The Labute approximate surface area is 133 Å². The predicted octanol–water partition coefficient (Wildman–Crippen LogP) is 6.22. The van der Waals surface area contributed by atoms with Crippen LogP contribution in [0.1, 0.15) is 24.3 Å². The first-order valence-corrected chi connectivity index (χ1v) is 7.51. The smallest absolute Gasteiger partial charge is 0.134 e. The van der Waals surface area contributed by atoms with Crippen LogP contribution >= 0.6 is 23.2 Å². The number of para-hydroxylation sites is 1. The van der Waals surface area contributed by atoms with Gasteiger partial charge in [-0.15, -0.1) is 0 Å². The molecule has 0 radical (unpaired) electrons. The molecular weight excluding hydrogens is 305 g/mol. The van der Waals surface area contributed by atoms with Gasteiger partial charge in [0.05, 0.1) is 16.8 Å². The first kappa shape index (κ1) is 14.3. The molecule has 1 atom stereocenters. The Bertz CT molecular complexity index is 795. The zero-order chi connectivity index (χ0) is 15.0. The van der Waals surface area contributed by atoms with Crippen molar-refractivity contribution in [2.75, 3.05) is 5.32 Å². The number of hydrogen-bond donors (Lipinski definition) is 1. The molecule has 1 N–H and O–H groups in total. The van der Waals surface area contributed by atoms with Crippen molar-refractivity contribution in [1.82, 2.24) is 0 Å². The lowest BCUT2D eigenvalue weighted by Crippen LogP contribution is -2.07. The van der Waals surface area contributed by atoms with Crippen molar-refractivity contribution in [2.45, 2.75) is 19.9 Å². The van der Waals surface area contributed by atoms with E-state index >= 15 is 0 Å². The number of furan rings is 1. The zero-order valence-electron chi connectivity index (χ0n) is 11.8. The van der Waals surface area contributed by atoms with Crippen LogP contribution in [0.3, 0.4) is 0 Å². The van der Waals surface area contributed by atoms with E-state index in [2.05, 4.69) is 25.2 Å². The van der Waals surface area contributed by atoms with Crippen molar-refractivity contribution >= 4 is 39.9 Å². The maximum absolute atomic E-state index is 6.20. The molecule has 2 aromatic carbocycles. The summed E-state index contributed by atoms with van der Waals surface area (Å²) in [6, 6.07) is 13.5. The largest absolute Gasteiger partial charge is 0.459 e. The highest BCUT2D eigenvalue weighted by Gasteiger charge is 2.17. The van der Waals surface area contributed by atoms with E-state index < -0.39 is 0 Å². The quantitative estimate of drug-likeness (QED) is 0.619. The fourth-order valence-corrected chi connectivity index (χ4v) is 2.97. The maximum atomic E-state index is 6.20. The number of hydrogen-bond acceptors (Lipinski definition) is 2. The van der Waals surface area contributed by atoms with Crippen molar-refractivity contribution in [3.63, 3.8) is 0 Å². The number of rotatable bonds is 3. The topological polar surface area (TPSA) is 25.2 Å². The number of fused-ring (bicyclic) bond motifs is 1. The standard InChI is InChI=1S/C17H15Cl2NO/c1-10-13-5-3-4-6-16(13)21-17(10)11(2)20-15-8-7-12(18)9-14(15)19/h3-9,11,20H,1-2H3. The summed E-state index contributed by atoms with van der Waals surface area (Å²) in [5.41, 5.74) is 2.89. The fourth-order valence-electron chi connectivity index (χ4n) is 2.51. The van der Waals surface area contributed by atoms with Crippen molar-refractivity contribution in [2.24, 2.45) is 0 Å². The molecule has 0 aliphatic rings. The third kappa shape index (κ3) is 2.74. The van der Waals surface area contributed by atoms with E-state index in [0.29, 0.717) is 10.0 Å². The lowest BCUT2D eigenvalue weighted by Gasteiger charge is -2.15. The van der Waals surface area contributed by atoms with Gasteiger partial charge in [-0.25, -0.2) is 0 Å². The number of nitrogens with one attached hydrogen (secondary N) is 1. The molecule has 108 valence electrons. The average Bonchev–Trinajstić information content (AvgIpc) is 2.80. The van der Waals surface area contributed by atoms with Crippen LogP contribution in [-0.4, -0.2) is 0 Å². The maximum Gasteiger partial charge on any atom is 0.134 e. The van der Waals surface area contributed by atoms with Gasteiger partial charge in [0.25, 0.3) is 0 Å². The van der Waals surface area contributed by atoms with Crippen LogP contribution in [0.2, 0.25) is 10.0 Å². The van der Waals surface area contributed by atoms with E-state index in [1.54, 1.807) is 6.07 Å². The summed E-state index contributed by atoms with van der Waals surface area (Å²) in [6.45, 7) is 4.12. The second kappa shape index (κ2) is 5.63. The molecular formula is C17H15Cl2NO. The van der Waals surface area contributed by atoms with E-state index in [1.807, 2.05) is 30.3 Å². The summed E-state index contributed by atoms with van der Waals surface area (Å²) in [4.78, 5) is 0. The third-order valence-corrected chi connectivity index (χ3v) is 4.12. The minimum absolute atomic E-state index is 0.0103. The van der Waals surface area contributed by atoms with E-state index in [9.17, 15) is 0 Å². The Morgan fingerprint density at radius 1 is 1.10 bits per heavy atom. The molecule has 2 nitrogen and oxygen atoms in total. The van der Waals surface area contributed by atoms with E-state index in [0.717, 1.165) is 28.0 Å². The van der Waals surface area contributed by atoms with Crippen LogP contribution in [0, 0.1) is 6.92 Å². The Balaban J connectivity index is 1.93. The molecule has 0 aliphatic heterocycles. The fraction of sp³-hybridized carbons (Fsp3) is 0.176. The van der Waals surface area contributed by atoms with E-state index in [1.165, 1.54) is 0 Å². The molecule has 1 unspecified atom stereocenters. The highest BCUT2D eigenvalue weighted by Crippen LogP contribution is 2.33. The minimum atomic E-state index is 0.0103. The SMILES string of the molecule is Cc1c(C(C)Nc2ccc(Cl)cc2Cl)oc2ccccc12. The van der Waals surface area contributed by atoms with Crippen molar-refractivity contribution < 1.29 is 4.42 Å².